The molecule has 25 heavy (non-hydrogen) atoms. The minimum Gasteiger partial charge on any atom is -0.463 e. The fourth-order valence-corrected chi connectivity index (χ4v) is 2.82. The summed E-state index contributed by atoms with van der Waals surface area (Å²) in [6, 6.07) is 7.76. The van der Waals surface area contributed by atoms with Gasteiger partial charge in [0.25, 0.3) is 0 Å². The Morgan fingerprint density at radius 1 is 1.04 bits per heavy atom. The van der Waals surface area contributed by atoms with Gasteiger partial charge in [0.05, 0.1) is 13.0 Å². The van der Waals surface area contributed by atoms with E-state index in [1.54, 1.807) is 6.92 Å². The lowest BCUT2D eigenvalue weighted by molar-refractivity contribution is -0.145. The lowest BCUT2D eigenvalue weighted by Crippen LogP contribution is -2.47. The van der Waals surface area contributed by atoms with Crippen molar-refractivity contribution >= 4 is 17.4 Å². The molecule has 1 aliphatic heterocycles. The van der Waals surface area contributed by atoms with Gasteiger partial charge in [-0.25, -0.2) is 0 Å². The molecule has 6 nitrogen and oxygen atoms in total. The molecular formula is C19H28N2O4. The molecule has 0 N–H and O–H groups in total. The van der Waals surface area contributed by atoms with Gasteiger partial charge in [0.1, 0.15) is 6.61 Å². The number of anilines is 1. The van der Waals surface area contributed by atoms with E-state index in [1.165, 1.54) is 0 Å². The highest BCUT2D eigenvalue weighted by Crippen LogP contribution is 2.17. The Balaban J connectivity index is 1.67. The van der Waals surface area contributed by atoms with E-state index in [4.69, 9.17) is 9.47 Å². The number of esters is 1. The standard InChI is InChI=1S/C19H28N2O4/c1-3-24-14-15-25-19(23)8-9-20-10-12-21(13-11-20)18-6-4-17(5-7-18)16(2)22/h4-7H,3,8-15H2,1-2H3. The highest BCUT2D eigenvalue weighted by atomic mass is 16.6. The Bertz CT molecular complexity index is 551. The summed E-state index contributed by atoms with van der Waals surface area (Å²) >= 11 is 0. The largest absolute Gasteiger partial charge is 0.463 e. The molecule has 0 spiro atoms. The minimum absolute atomic E-state index is 0.0875. The molecule has 1 heterocycles. The molecule has 0 atom stereocenters. The topological polar surface area (TPSA) is 59.1 Å². The SMILES string of the molecule is CCOCCOC(=O)CCN1CCN(c2ccc(C(C)=O)cc2)CC1. The summed E-state index contributed by atoms with van der Waals surface area (Å²) in [6.45, 7) is 9.32. The van der Waals surface area contributed by atoms with Gasteiger partial charge in [-0.05, 0) is 38.1 Å². The lowest BCUT2D eigenvalue weighted by Gasteiger charge is -2.36. The van der Waals surface area contributed by atoms with Crippen LogP contribution in [0.2, 0.25) is 0 Å². The molecule has 138 valence electrons. The van der Waals surface area contributed by atoms with E-state index in [1.807, 2.05) is 31.2 Å². The van der Waals surface area contributed by atoms with Gasteiger partial charge in [0.15, 0.2) is 5.78 Å². The molecule has 2 rings (SSSR count). The predicted molar refractivity (Wildman–Crippen MR) is 97.2 cm³/mol. The Hall–Kier alpha value is -1.92. The summed E-state index contributed by atoms with van der Waals surface area (Å²) in [5, 5.41) is 0. The molecule has 0 bridgehead atoms. The first-order valence-electron chi connectivity index (χ1n) is 8.92. The van der Waals surface area contributed by atoms with Crippen molar-refractivity contribution in [3.63, 3.8) is 0 Å². The van der Waals surface area contributed by atoms with Crippen molar-refractivity contribution in [2.24, 2.45) is 0 Å². The summed E-state index contributed by atoms with van der Waals surface area (Å²) in [5.74, 6) is -0.0773. The maximum absolute atomic E-state index is 11.7. The summed E-state index contributed by atoms with van der Waals surface area (Å²) < 4.78 is 10.3. The van der Waals surface area contributed by atoms with Gasteiger partial charge >= 0.3 is 5.97 Å². The molecule has 0 aromatic heterocycles. The van der Waals surface area contributed by atoms with Crippen LogP contribution in [0.3, 0.4) is 0 Å². The zero-order valence-corrected chi connectivity index (χ0v) is 15.2. The molecule has 1 aromatic carbocycles. The van der Waals surface area contributed by atoms with Gasteiger partial charge in [-0.3, -0.25) is 14.5 Å². The van der Waals surface area contributed by atoms with Crippen LogP contribution in [0.1, 0.15) is 30.6 Å². The number of hydrogen-bond acceptors (Lipinski definition) is 6. The number of rotatable bonds is 9. The van der Waals surface area contributed by atoms with Crippen molar-refractivity contribution in [1.82, 2.24) is 4.90 Å². The summed E-state index contributed by atoms with van der Waals surface area (Å²) in [7, 11) is 0. The highest BCUT2D eigenvalue weighted by Gasteiger charge is 2.18. The van der Waals surface area contributed by atoms with E-state index in [2.05, 4.69) is 9.80 Å². The first-order chi connectivity index (χ1) is 12.1. The zero-order valence-electron chi connectivity index (χ0n) is 15.2. The van der Waals surface area contributed by atoms with Crippen molar-refractivity contribution in [1.29, 1.82) is 0 Å². The number of Topliss-reactive ketones (excluding diaryl/α,β-unsaturated/α-hetero) is 1. The van der Waals surface area contributed by atoms with E-state index in [-0.39, 0.29) is 11.8 Å². The second kappa shape index (κ2) is 10.2. The summed E-state index contributed by atoms with van der Waals surface area (Å²) in [4.78, 5) is 27.6. The Morgan fingerprint density at radius 2 is 1.72 bits per heavy atom. The summed E-state index contributed by atoms with van der Waals surface area (Å²) in [6.07, 6.45) is 0.416. The molecule has 1 fully saturated rings. The van der Waals surface area contributed by atoms with Gasteiger partial charge in [0, 0.05) is 50.6 Å². The van der Waals surface area contributed by atoms with Crippen molar-refractivity contribution in [3.8, 4) is 0 Å². The van der Waals surface area contributed by atoms with E-state index < -0.39 is 0 Å². The quantitative estimate of drug-likeness (QED) is 0.386. The Kier molecular flexibility index (Phi) is 7.88. The molecule has 0 unspecified atom stereocenters. The lowest BCUT2D eigenvalue weighted by atomic mass is 10.1. The van der Waals surface area contributed by atoms with Crippen LogP contribution in [0.4, 0.5) is 5.69 Å². The third-order valence-electron chi connectivity index (χ3n) is 4.34. The predicted octanol–water partition coefficient (Wildman–Crippen LogP) is 1.98. The second-order valence-corrected chi connectivity index (χ2v) is 6.10. The first-order valence-corrected chi connectivity index (χ1v) is 8.92. The van der Waals surface area contributed by atoms with Crippen LogP contribution in [-0.4, -0.2) is 69.2 Å². The van der Waals surface area contributed by atoms with Gasteiger partial charge in [-0.1, -0.05) is 0 Å². The number of carbonyl (C=O) groups excluding carboxylic acids is 2. The van der Waals surface area contributed by atoms with Crippen LogP contribution in [0.15, 0.2) is 24.3 Å². The van der Waals surface area contributed by atoms with E-state index in [9.17, 15) is 9.59 Å². The minimum atomic E-state index is -0.165. The summed E-state index contributed by atoms with van der Waals surface area (Å²) in [5.41, 5.74) is 1.88. The van der Waals surface area contributed by atoms with Gasteiger partial charge in [0.2, 0.25) is 0 Å². The fourth-order valence-electron chi connectivity index (χ4n) is 2.82. The van der Waals surface area contributed by atoms with Gasteiger partial charge < -0.3 is 14.4 Å². The van der Waals surface area contributed by atoms with Crippen molar-refractivity contribution in [3.05, 3.63) is 29.8 Å². The molecule has 0 saturated carbocycles. The number of ether oxygens (including phenoxy) is 2. The molecule has 1 aromatic rings. The molecule has 0 aliphatic carbocycles. The molecule has 1 saturated heterocycles. The van der Waals surface area contributed by atoms with E-state index in [0.717, 1.165) is 44.0 Å². The third kappa shape index (κ3) is 6.48. The number of benzene rings is 1. The maximum Gasteiger partial charge on any atom is 0.307 e. The zero-order chi connectivity index (χ0) is 18.1. The molecule has 0 amide bonds. The fraction of sp³-hybridized carbons (Fsp3) is 0.579. The van der Waals surface area contributed by atoms with Crippen molar-refractivity contribution in [2.75, 3.05) is 57.4 Å². The molecular weight excluding hydrogens is 320 g/mol. The number of carbonyl (C=O) groups is 2. The number of nitrogens with zero attached hydrogens (tertiary/aromatic N) is 2. The Morgan fingerprint density at radius 3 is 2.32 bits per heavy atom. The monoisotopic (exact) mass is 348 g/mol. The van der Waals surface area contributed by atoms with E-state index in [0.29, 0.717) is 26.2 Å². The highest BCUT2D eigenvalue weighted by molar-refractivity contribution is 5.94. The van der Waals surface area contributed by atoms with Crippen LogP contribution in [0, 0.1) is 0 Å². The maximum atomic E-state index is 11.7. The molecule has 0 radical (unpaired) electrons. The first kappa shape index (κ1) is 19.4. The number of ketones is 1. The van der Waals surface area contributed by atoms with Crippen LogP contribution >= 0.6 is 0 Å². The average molecular weight is 348 g/mol. The van der Waals surface area contributed by atoms with Gasteiger partial charge in [-0.15, -0.1) is 0 Å². The number of hydrogen-bond donors (Lipinski definition) is 0. The van der Waals surface area contributed by atoms with Crippen molar-refractivity contribution in [2.45, 2.75) is 20.3 Å². The average Bonchev–Trinajstić information content (AvgIpc) is 2.64. The third-order valence-corrected chi connectivity index (χ3v) is 4.34. The van der Waals surface area contributed by atoms with Crippen LogP contribution in [-0.2, 0) is 14.3 Å². The van der Waals surface area contributed by atoms with Crippen molar-refractivity contribution < 1.29 is 19.1 Å². The van der Waals surface area contributed by atoms with Crippen LogP contribution in [0.25, 0.3) is 0 Å². The van der Waals surface area contributed by atoms with Crippen LogP contribution < -0.4 is 4.90 Å². The van der Waals surface area contributed by atoms with Crippen LogP contribution in [0.5, 0.6) is 0 Å². The van der Waals surface area contributed by atoms with Gasteiger partial charge in [-0.2, -0.15) is 0 Å². The Labute approximate surface area is 149 Å². The second-order valence-electron chi connectivity index (χ2n) is 6.10. The smallest absolute Gasteiger partial charge is 0.307 e. The number of piperazine rings is 1. The normalized spacial score (nSPS) is 15.2. The van der Waals surface area contributed by atoms with E-state index >= 15 is 0 Å². The molecule has 6 heteroatoms. The molecule has 1 aliphatic rings.